The van der Waals surface area contributed by atoms with Gasteiger partial charge >= 0.3 is 0 Å². The van der Waals surface area contributed by atoms with E-state index in [1.165, 1.54) is 15.6 Å². The van der Waals surface area contributed by atoms with Crippen molar-refractivity contribution in [2.24, 2.45) is 0 Å². The van der Waals surface area contributed by atoms with Crippen molar-refractivity contribution in [3.63, 3.8) is 0 Å². The molecule has 0 aliphatic carbocycles. The highest BCUT2D eigenvalue weighted by Crippen LogP contribution is 2.23. The normalized spacial score (nSPS) is 11.6. The van der Waals surface area contributed by atoms with Gasteiger partial charge in [-0.05, 0) is 24.1 Å². The Morgan fingerprint density at radius 2 is 2.29 bits per heavy atom. The van der Waals surface area contributed by atoms with Crippen molar-refractivity contribution < 1.29 is 8.42 Å². The van der Waals surface area contributed by atoms with Crippen molar-refractivity contribution in [3.8, 4) is 12.3 Å². The largest absolute Gasteiger partial charge is 0.316 e. The molecule has 4 nitrogen and oxygen atoms in total. The average molecular weight is 272 g/mol. The van der Waals surface area contributed by atoms with Crippen LogP contribution in [-0.4, -0.2) is 32.9 Å². The van der Waals surface area contributed by atoms with Crippen molar-refractivity contribution in [2.75, 3.05) is 20.1 Å². The summed E-state index contributed by atoms with van der Waals surface area (Å²) in [7, 11) is -1.61. The van der Waals surface area contributed by atoms with E-state index in [0.29, 0.717) is 17.3 Å². The van der Waals surface area contributed by atoms with E-state index in [0.717, 1.165) is 5.56 Å². The van der Waals surface area contributed by atoms with Crippen LogP contribution in [-0.2, 0) is 16.6 Å². The van der Waals surface area contributed by atoms with Gasteiger partial charge in [0.2, 0.25) is 0 Å². The zero-order chi connectivity index (χ0) is 12.9. The minimum absolute atomic E-state index is 0.109. The molecule has 0 fully saturated rings. The first kappa shape index (κ1) is 14.2. The Balaban J connectivity index is 2.99. The fourth-order valence-corrected chi connectivity index (χ4v) is 4.11. The molecule has 0 spiro atoms. The van der Waals surface area contributed by atoms with Crippen molar-refractivity contribution in [3.05, 3.63) is 17.0 Å². The second-order valence-electron chi connectivity index (χ2n) is 3.44. The first-order valence-corrected chi connectivity index (χ1v) is 7.53. The van der Waals surface area contributed by atoms with Crippen LogP contribution < -0.4 is 5.32 Å². The molecule has 0 radical (unpaired) electrons. The smallest absolute Gasteiger partial charge is 0.253 e. The summed E-state index contributed by atoms with van der Waals surface area (Å²) in [6.45, 7) is 2.92. The number of thiophene rings is 1. The van der Waals surface area contributed by atoms with Crippen LogP contribution in [0.25, 0.3) is 0 Å². The van der Waals surface area contributed by atoms with Crippen LogP contribution in [0.4, 0.5) is 0 Å². The minimum Gasteiger partial charge on any atom is -0.316 e. The van der Waals surface area contributed by atoms with Crippen molar-refractivity contribution in [1.29, 1.82) is 0 Å². The topological polar surface area (TPSA) is 49.4 Å². The van der Waals surface area contributed by atoms with Gasteiger partial charge in [-0.3, -0.25) is 0 Å². The zero-order valence-electron chi connectivity index (χ0n) is 9.93. The summed E-state index contributed by atoms with van der Waals surface area (Å²) >= 11 is 1.23. The van der Waals surface area contributed by atoms with Crippen LogP contribution in [0.1, 0.15) is 12.5 Å². The van der Waals surface area contributed by atoms with Crippen molar-refractivity contribution in [1.82, 2.24) is 9.62 Å². The lowest BCUT2D eigenvalue weighted by Gasteiger charge is -2.16. The van der Waals surface area contributed by atoms with E-state index in [9.17, 15) is 8.42 Å². The van der Waals surface area contributed by atoms with Crippen LogP contribution in [0, 0.1) is 12.3 Å². The van der Waals surface area contributed by atoms with Crippen LogP contribution in [0.3, 0.4) is 0 Å². The fraction of sp³-hybridized carbons (Fsp3) is 0.455. The first-order valence-electron chi connectivity index (χ1n) is 5.21. The molecular formula is C11H16N2O2S2. The fourth-order valence-electron chi connectivity index (χ4n) is 1.38. The second-order valence-corrected chi connectivity index (χ2v) is 6.52. The summed E-state index contributed by atoms with van der Waals surface area (Å²) in [6.07, 6.45) is 5.17. The number of nitrogens with zero attached hydrogens (tertiary/aromatic N) is 1. The summed E-state index contributed by atoms with van der Waals surface area (Å²) in [5.74, 6) is 2.37. The van der Waals surface area contributed by atoms with Gasteiger partial charge in [0.1, 0.15) is 4.21 Å². The predicted octanol–water partition coefficient (Wildman–Crippen LogP) is 1.11. The van der Waals surface area contributed by atoms with Gasteiger partial charge in [-0.1, -0.05) is 12.8 Å². The third kappa shape index (κ3) is 3.30. The lowest BCUT2D eigenvalue weighted by Crippen LogP contribution is -2.30. The summed E-state index contributed by atoms with van der Waals surface area (Å²) < 4.78 is 26.0. The average Bonchev–Trinajstić information content (AvgIpc) is 2.75. The zero-order valence-corrected chi connectivity index (χ0v) is 11.6. The molecule has 0 aliphatic heterocycles. The molecule has 94 valence electrons. The van der Waals surface area contributed by atoms with Crippen LogP contribution >= 0.6 is 11.3 Å². The van der Waals surface area contributed by atoms with Gasteiger partial charge in [-0.15, -0.1) is 17.8 Å². The molecule has 0 amide bonds. The SMILES string of the molecule is C#CCN(CC)S(=O)(=O)c1cc(CNC)cs1. The van der Waals surface area contributed by atoms with Crippen LogP contribution in [0.5, 0.6) is 0 Å². The highest BCUT2D eigenvalue weighted by molar-refractivity contribution is 7.91. The second kappa shape index (κ2) is 6.17. The Hall–Kier alpha value is -0.870. The summed E-state index contributed by atoms with van der Waals surface area (Å²) in [5.41, 5.74) is 0.966. The molecule has 0 saturated heterocycles. The first-order chi connectivity index (χ1) is 8.06. The standard InChI is InChI=1S/C11H16N2O2S2/c1-4-6-13(5-2)17(14,15)11-7-10(8-12-3)9-16-11/h1,7,9,12H,5-6,8H2,2-3H3. The molecule has 1 N–H and O–H groups in total. The van der Waals surface area contributed by atoms with Crippen molar-refractivity contribution in [2.45, 2.75) is 17.7 Å². The maximum Gasteiger partial charge on any atom is 0.253 e. The quantitative estimate of drug-likeness (QED) is 0.789. The number of hydrogen-bond acceptors (Lipinski definition) is 4. The lowest BCUT2D eigenvalue weighted by molar-refractivity contribution is 0.466. The Morgan fingerprint density at radius 1 is 1.59 bits per heavy atom. The molecular weight excluding hydrogens is 256 g/mol. The lowest BCUT2D eigenvalue weighted by atomic mass is 10.3. The molecule has 0 aliphatic rings. The summed E-state index contributed by atoms with van der Waals surface area (Å²) in [5, 5.41) is 4.82. The van der Waals surface area contributed by atoms with E-state index in [1.54, 1.807) is 13.0 Å². The molecule has 1 heterocycles. The predicted molar refractivity (Wildman–Crippen MR) is 70.3 cm³/mol. The molecule has 1 aromatic rings. The van der Waals surface area contributed by atoms with Crippen molar-refractivity contribution >= 4 is 21.4 Å². The Labute approximate surface area is 107 Å². The number of rotatable bonds is 6. The van der Waals surface area contributed by atoms with Gasteiger partial charge in [0.05, 0.1) is 6.54 Å². The Kier molecular flexibility index (Phi) is 5.15. The minimum atomic E-state index is -3.43. The maximum absolute atomic E-state index is 12.2. The van der Waals surface area contributed by atoms with Gasteiger partial charge in [-0.25, -0.2) is 8.42 Å². The number of nitrogens with one attached hydrogen (secondary N) is 1. The maximum atomic E-state index is 12.2. The summed E-state index contributed by atoms with van der Waals surface area (Å²) in [4.78, 5) is 0. The van der Waals surface area contributed by atoms with Gasteiger partial charge in [0, 0.05) is 13.1 Å². The van der Waals surface area contributed by atoms with Crippen LogP contribution in [0.2, 0.25) is 0 Å². The third-order valence-corrected chi connectivity index (χ3v) is 5.61. The number of terminal acetylenes is 1. The monoisotopic (exact) mass is 272 g/mol. The van der Waals surface area contributed by atoms with E-state index in [-0.39, 0.29) is 6.54 Å². The Morgan fingerprint density at radius 3 is 2.82 bits per heavy atom. The van der Waals surface area contributed by atoms with E-state index in [1.807, 2.05) is 12.4 Å². The summed E-state index contributed by atoms with van der Waals surface area (Å²) in [6, 6.07) is 1.69. The third-order valence-electron chi connectivity index (χ3n) is 2.23. The van der Waals surface area contributed by atoms with Gasteiger partial charge in [0.25, 0.3) is 10.0 Å². The number of sulfonamides is 1. The molecule has 1 rings (SSSR count). The van der Waals surface area contributed by atoms with Gasteiger partial charge < -0.3 is 5.32 Å². The molecule has 1 aromatic heterocycles. The van der Waals surface area contributed by atoms with E-state index in [2.05, 4.69) is 11.2 Å². The van der Waals surface area contributed by atoms with Gasteiger partial charge in [0.15, 0.2) is 0 Å². The van der Waals surface area contributed by atoms with Crippen LogP contribution in [0.15, 0.2) is 15.7 Å². The molecule has 0 bridgehead atoms. The Bertz CT molecular complexity index is 500. The van der Waals surface area contributed by atoms with Gasteiger partial charge in [-0.2, -0.15) is 4.31 Å². The number of hydrogen-bond donors (Lipinski definition) is 1. The highest BCUT2D eigenvalue weighted by Gasteiger charge is 2.23. The molecule has 17 heavy (non-hydrogen) atoms. The molecule has 0 saturated carbocycles. The highest BCUT2D eigenvalue weighted by atomic mass is 32.2. The van der Waals surface area contributed by atoms with E-state index >= 15 is 0 Å². The van der Waals surface area contributed by atoms with E-state index in [4.69, 9.17) is 6.42 Å². The van der Waals surface area contributed by atoms with E-state index < -0.39 is 10.0 Å². The molecule has 6 heteroatoms. The molecule has 0 unspecified atom stereocenters. The molecule has 0 aromatic carbocycles. The molecule has 0 atom stereocenters.